The first-order valence-electron chi connectivity index (χ1n) is 9.72. The second-order valence-corrected chi connectivity index (χ2v) is 9.24. The van der Waals surface area contributed by atoms with Crippen LogP contribution >= 0.6 is 0 Å². The number of aromatic nitrogens is 3. The zero-order valence-corrected chi connectivity index (χ0v) is 18.5. The summed E-state index contributed by atoms with van der Waals surface area (Å²) >= 11 is 0. The van der Waals surface area contributed by atoms with E-state index in [1.165, 1.54) is 24.5 Å². The fourth-order valence-electron chi connectivity index (χ4n) is 3.80. The fourth-order valence-corrected chi connectivity index (χ4v) is 5.23. The second kappa shape index (κ2) is 7.88. The number of fused-ring (bicyclic) bond motifs is 1. The molecule has 0 saturated heterocycles. The minimum Gasteiger partial charge on any atom is -0.392 e. The Morgan fingerprint density at radius 2 is 1.94 bits per heavy atom. The number of nitrogens with one attached hydrogen (secondary N) is 1. The van der Waals surface area contributed by atoms with Gasteiger partial charge >= 0.3 is 0 Å². The number of nitrogen functional groups attached to an aromatic ring is 1. The van der Waals surface area contributed by atoms with Gasteiger partial charge in [-0.3, -0.25) is 4.72 Å². The highest BCUT2D eigenvalue weighted by molar-refractivity contribution is 7.92. The topological polar surface area (TPSA) is 123 Å². The highest BCUT2D eigenvalue weighted by Crippen LogP contribution is 2.36. The maximum absolute atomic E-state index is 15.5. The lowest BCUT2D eigenvalue weighted by atomic mass is 10.0. The Bertz CT molecular complexity index is 1460. The molecule has 0 unspecified atom stereocenters. The number of nitrogens with zero attached hydrogens (tertiary/aromatic N) is 3. The van der Waals surface area contributed by atoms with Crippen LogP contribution in [0.25, 0.3) is 22.2 Å². The zero-order chi connectivity index (χ0) is 23.2. The first-order valence-corrected chi connectivity index (χ1v) is 11.2. The number of rotatable bonds is 5. The van der Waals surface area contributed by atoms with E-state index in [2.05, 4.69) is 14.7 Å². The van der Waals surface area contributed by atoms with Crippen LogP contribution in [0.1, 0.15) is 16.7 Å². The number of hydrogen-bond acceptors (Lipinski definition) is 6. The molecule has 8 nitrogen and oxygen atoms in total. The zero-order valence-electron chi connectivity index (χ0n) is 17.7. The van der Waals surface area contributed by atoms with E-state index in [4.69, 9.17) is 5.73 Å². The van der Waals surface area contributed by atoms with Gasteiger partial charge < -0.3 is 15.4 Å². The van der Waals surface area contributed by atoms with Crippen LogP contribution in [0.4, 0.5) is 15.9 Å². The molecule has 4 N–H and O–H groups in total. The Balaban J connectivity index is 1.83. The van der Waals surface area contributed by atoms with Crippen LogP contribution in [0, 0.1) is 19.7 Å². The average Bonchev–Trinajstić information content (AvgIpc) is 3.08. The predicted octanol–water partition coefficient (Wildman–Crippen LogP) is 3.27. The van der Waals surface area contributed by atoms with Crippen molar-refractivity contribution in [1.82, 2.24) is 14.5 Å². The Labute approximate surface area is 184 Å². The molecule has 0 fully saturated rings. The van der Waals surface area contributed by atoms with Crippen molar-refractivity contribution in [2.45, 2.75) is 25.3 Å². The summed E-state index contributed by atoms with van der Waals surface area (Å²) in [6, 6.07) is 7.64. The molecule has 166 valence electrons. The molecule has 2 aromatic carbocycles. The third kappa shape index (κ3) is 3.57. The number of aliphatic hydroxyl groups is 1. The van der Waals surface area contributed by atoms with Gasteiger partial charge in [0, 0.05) is 24.4 Å². The molecule has 0 radical (unpaired) electrons. The molecule has 0 aliphatic rings. The predicted molar refractivity (Wildman–Crippen MR) is 121 cm³/mol. The number of sulfonamides is 1. The molecule has 0 spiro atoms. The van der Waals surface area contributed by atoms with Gasteiger partial charge in [0.15, 0.2) is 5.82 Å². The SMILES string of the molecule is Cc1cc(CO)c(C)c(S(=O)(=O)Nc2cccc(-c3cn(C)c4ncnc(N)c34)c2F)c1. The van der Waals surface area contributed by atoms with Crippen molar-refractivity contribution in [3.05, 3.63) is 65.4 Å². The van der Waals surface area contributed by atoms with Crippen LogP contribution in [-0.4, -0.2) is 28.1 Å². The summed E-state index contributed by atoms with van der Waals surface area (Å²) in [6.07, 6.45) is 3.00. The molecule has 4 aromatic rings. The lowest BCUT2D eigenvalue weighted by Crippen LogP contribution is -2.16. The number of hydrogen-bond donors (Lipinski definition) is 3. The molecule has 0 bridgehead atoms. The molecule has 0 aliphatic heterocycles. The van der Waals surface area contributed by atoms with Crippen LogP contribution < -0.4 is 10.5 Å². The molecule has 2 aromatic heterocycles. The smallest absolute Gasteiger partial charge is 0.262 e. The largest absolute Gasteiger partial charge is 0.392 e. The van der Waals surface area contributed by atoms with Gasteiger partial charge in [-0.15, -0.1) is 0 Å². The minimum absolute atomic E-state index is 0.0193. The third-order valence-electron chi connectivity index (χ3n) is 5.39. The third-order valence-corrected chi connectivity index (χ3v) is 6.88. The molecule has 0 aliphatic carbocycles. The molecule has 0 amide bonds. The van der Waals surface area contributed by atoms with E-state index >= 15 is 4.39 Å². The van der Waals surface area contributed by atoms with Crippen molar-refractivity contribution in [3.63, 3.8) is 0 Å². The van der Waals surface area contributed by atoms with Crippen molar-refractivity contribution in [1.29, 1.82) is 0 Å². The molecule has 10 heteroatoms. The summed E-state index contributed by atoms with van der Waals surface area (Å²) in [5, 5.41) is 10.0. The highest BCUT2D eigenvalue weighted by Gasteiger charge is 2.23. The summed E-state index contributed by atoms with van der Waals surface area (Å²) < 4.78 is 45.8. The number of benzene rings is 2. The maximum atomic E-state index is 15.5. The quantitative estimate of drug-likeness (QED) is 0.424. The van der Waals surface area contributed by atoms with Gasteiger partial charge in [-0.1, -0.05) is 18.2 Å². The van der Waals surface area contributed by atoms with Crippen LogP contribution in [0.15, 0.2) is 47.8 Å². The van der Waals surface area contributed by atoms with Gasteiger partial charge in [0.1, 0.15) is 17.8 Å². The van der Waals surface area contributed by atoms with Crippen molar-refractivity contribution in [2.75, 3.05) is 10.5 Å². The van der Waals surface area contributed by atoms with Crippen LogP contribution in [-0.2, 0) is 23.7 Å². The van der Waals surface area contributed by atoms with Crippen LogP contribution in [0.2, 0.25) is 0 Å². The van der Waals surface area contributed by atoms with E-state index in [0.717, 1.165) is 0 Å². The van der Waals surface area contributed by atoms with Gasteiger partial charge in [-0.05, 0) is 42.7 Å². The average molecular weight is 456 g/mol. The molecular formula is C22H22FN5O3S. The lowest BCUT2D eigenvalue weighted by Gasteiger charge is -2.15. The van der Waals surface area contributed by atoms with Crippen molar-refractivity contribution in [2.24, 2.45) is 7.05 Å². The summed E-state index contributed by atoms with van der Waals surface area (Å²) in [5.41, 5.74) is 8.51. The van der Waals surface area contributed by atoms with Crippen LogP contribution in [0.3, 0.4) is 0 Å². The van der Waals surface area contributed by atoms with E-state index in [1.807, 2.05) is 0 Å². The first-order chi connectivity index (χ1) is 15.1. The monoisotopic (exact) mass is 455 g/mol. The van der Waals surface area contributed by atoms with Crippen molar-refractivity contribution in [3.8, 4) is 11.1 Å². The first kappa shape index (κ1) is 21.7. The molecule has 32 heavy (non-hydrogen) atoms. The number of aliphatic hydroxyl groups excluding tert-OH is 1. The summed E-state index contributed by atoms with van der Waals surface area (Å²) in [5.74, 6) is -0.553. The number of anilines is 2. The molecule has 2 heterocycles. The molecule has 0 atom stereocenters. The fraction of sp³-hybridized carbons (Fsp3) is 0.182. The normalized spacial score (nSPS) is 11.8. The standard InChI is InChI=1S/C22H22FN5O3S/c1-12-7-14(10-29)13(2)18(8-12)32(30,31)27-17-6-4-5-15(20(17)23)16-9-28(3)22-19(16)21(24)25-11-26-22/h4-9,11,27,29H,10H2,1-3H3,(H2,24,25,26). The van der Waals surface area contributed by atoms with E-state index in [1.54, 1.807) is 43.8 Å². The Morgan fingerprint density at radius 3 is 2.66 bits per heavy atom. The van der Waals surface area contributed by atoms with Gasteiger partial charge in [0.2, 0.25) is 0 Å². The number of aryl methyl sites for hydroxylation is 2. The second-order valence-electron chi connectivity index (χ2n) is 7.59. The van der Waals surface area contributed by atoms with E-state index < -0.39 is 15.8 Å². The highest BCUT2D eigenvalue weighted by atomic mass is 32.2. The minimum atomic E-state index is -4.12. The van der Waals surface area contributed by atoms with Crippen molar-refractivity contribution < 1.29 is 17.9 Å². The summed E-state index contributed by atoms with van der Waals surface area (Å²) in [4.78, 5) is 8.16. The van der Waals surface area contributed by atoms with E-state index in [-0.39, 0.29) is 28.6 Å². The van der Waals surface area contributed by atoms with E-state index in [0.29, 0.717) is 33.3 Å². The van der Waals surface area contributed by atoms with Crippen molar-refractivity contribution >= 4 is 32.6 Å². The Morgan fingerprint density at radius 1 is 1.19 bits per heavy atom. The van der Waals surface area contributed by atoms with Gasteiger partial charge in [-0.2, -0.15) is 0 Å². The summed E-state index contributed by atoms with van der Waals surface area (Å²) in [6.45, 7) is 3.03. The molecule has 0 saturated carbocycles. The van der Waals surface area contributed by atoms with Gasteiger partial charge in [-0.25, -0.2) is 22.8 Å². The number of nitrogens with two attached hydrogens (primary N) is 1. The molecule has 4 rings (SSSR count). The number of halogens is 1. The maximum Gasteiger partial charge on any atom is 0.262 e. The Hall–Kier alpha value is -3.50. The van der Waals surface area contributed by atoms with E-state index in [9.17, 15) is 13.5 Å². The van der Waals surface area contributed by atoms with Gasteiger partial charge in [0.25, 0.3) is 10.0 Å². The van der Waals surface area contributed by atoms with Gasteiger partial charge in [0.05, 0.1) is 22.6 Å². The molecular weight excluding hydrogens is 433 g/mol. The van der Waals surface area contributed by atoms with Crippen LogP contribution in [0.5, 0.6) is 0 Å². The Kier molecular flexibility index (Phi) is 5.35. The summed E-state index contributed by atoms with van der Waals surface area (Å²) in [7, 11) is -2.37. The lowest BCUT2D eigenvalue weighted by molar-refractivity contribution is 0.280.